The lowest BCUT2D eigenvalue weighted by Gasteiger charge is -1.95. The lowest BCUT2D eigenvalue weighted by Crippen LogP contribution is -1.77. The van der Waals surface area contributed by atoms with E-state index in [-0.39, 0.29) is 11.5 Å². The number of nitrogens with zero attached hydrogens (tertiary/aromatic N) is 2. The third-order valence-corrected chi connectivity index (χ3v) is 2.58. The third kappa shape index (κ3) is 1.76. The van der Waals surface area contributed by atoms with Gasteiger partial charge in [-0.3, -0.25) is 0 Å². The third-order valence-electron chi connectivity index (χ3n) is 1.85. The van der Waals surface area contributed by atoms with Crippen molar-refractivity contribution in [2.45, 2.75) is 0 Å². The molecule has 1 heterocycles. The van der Waals surface area contributed by atoms with Gasteiger partial charge in [0.05, 0.1) is 0 Å². The molecule has 0 amide bonds. The maximum atomic E-state index is 12.7. The van der Waals surface area contributed by atoms with Gasteiger partial charge in [-0.1, -0.05) is 5.16 Å². The molecule has 1 aromatic heterocycles. The highest BCUT2D eigenvalue weighted by Gasteiger charge is 2.14. The monoisotopic (exact) mass is 266 g/mol. The van der Waals surface area contributed by atoms with Crippen molar-refractivity contribution in [3.05, 3.63) is 40.2 Å². The number of nitriles is 1. The zero-order chi connectivity index (χ0) is 10.8. The first kappa shape index (κ1) is 9.87. The standard InChI is InChI=1S/C10H4BrFN2O/c11-9-8(5-13)14-15-10(9)6-1-3-7(12)4-2-6/h1-4H. The molecule has 2 aromatic rings. The van der Waals surface area contributed by atoms with E-state index in [0.717, 1.165) is 0 Å². The van der Waals surface area contributed by atoms with Crippen LogP contribution >= 0.6 is 15.9 Å². The molecule has 0 saturated carbocycles. The van der Waals surface area contributed by atoms with Crippen LogP contribution in [0.1, 0.15) is 5.69 Å². The lowest BCUT2D eigenvalue weighted by molar-refractivity contribution is 0.429. The molecule has 0 aliphatic heterocycles. The molecule has 0 saturated heterocycles. The zero-order valence-corrected chi connectivity index (χ0v) is 8.95. The Morgan fingerprint density at radius 3 is 2.53 bits per heavy atom. The normalized spacial score (nSPS) is 9.93. The summed E-state index contributed by atoms with van der Waals surface area (Å²) in [7, 11) is 0. The molecule has 5 heteroatoms. The minimum absolute atomic E-state index is 0.175. The highest BCUT2D eigenvalue weighted by atomic mass is 79.9. The van der Waals surface area contributed by atoms with Gasteiger partial charge in [0.25, 0.3) is 0 Å². The molecule has 0 aliphatic carbocycles. The van der Waals surface area contributed by atoms with E-state index in [9.17, 15) is 4.39 Å². The molecule has 0 N–H and O–H groups in total. The highest BCUT2D eigenvalue weighted by molar-refractivity contribution is 9.10. The lowest BCUT2D eigenvalue weighted by atomic mass is 10.1. The molecule has 0 fully saturated rings. The fourth-order valence-electron chi connectivity index (χ4n) is 1.13. The smallest absolute Gasteiger partial charge is 0.198 e. The van der Waals surface area contributed by atoms with Gasteiger partial charge in [0.1, 0.15) is 16.4 Å². The van der Waals surface area contributed by atoms with E-state index in [0.29, 0.717) is 15.8 Å². The molecule has 0 radical (unpaired) electrons. The average Bonchev–Trinajstić information content (AvgIpc) is 2.61. The van der Waals surface area contributed by atoms with Crippen molar-refractivity contribution in [3.8, 4) is 17.4 Å². The van der Waals surface area contributed by atoms with Crippen LogP contribution in [0.5, 0.6) is 0 Å². The van der Waals surface area contributed by atoms with Gasteiger partial charge in [0.15, 0.2) is 11.5 Å². The first-order valence-electron chi connectivity index (χ1n) is 4.03. The van der Waals surface area contributed by atoms with Crippen molar-refractivity contribution in [3.63, 3.8) is 0 Å². The number of benzene rings is 1. The fraction of sp³-hybridized carbons (Fsp3) is 0. The Balaban J connectivity index is 2.51. The summed E-state index contributed by atoms with van der Waals surface area (Å²) in [5.74, 6) is 0.0986. The first-order chi connectivity index (χ1) is 7.22. The van der Waals surface area contributed by atoms with Gasteiger partial charge in [0.2, 0.25) is 0 Å². The van der Waals surface area contributed by atoms with Crippen LogP contribution in [0.15, 0.2) is 33.3 Å². The van der Waals surface area contributed by atoms with Gasteiger partial charge in [-0.2, -0.15) is 5.26 Å². The van der Waals surface area contributed by atoms with E-state index in [2.05, 4.69) is 21.1 Å². The van der Waals surface area contributed by atoms with Gasteiger partial charge in [-0.05, 0) is 40.2 Å². The van der Waals surface area contributed by atoms with Crippen molar-refractivity contribution in [2.75, 3.05) is 0 Å². The van der Waals surface area contributed by atoms with Crippen LogP contribution < -0.4 is 0 Å². The number of hydrogen-bond donors (Lipinski definition) is 0. The summed E-state index contributed by atoms with van der Waals surface area (Å²) in [4.78, 5) is 0. The van der Waals surface area contributed by atoms with Gasteiger partial charge < -0.3 is 4.52 Å². The number of rotatable bonds is 1. The molecule has 2 rings (SSSR count). The Labute approximate surface area is 93.2 Å². The predicted octanol–water partition coefficient (Wildman–Crippen LogP) is 3.11. The molecule has 1 aromatic carbocycles. The second-order valence-electron chi connectivity index (χ2n) is 2.79. The van der Waals surface area contributed by atoms with E-state index < -0.39 is 0 Å². The van der Waals surface area contributed by atoms with E-state index in [1.165, 1.54) is 12.1 Å². The topological polar surface area (TPSA) is 49.8 Å². The fourth-order valence-corrected chi connectivity index (χ4v) is 1.59. The molecular formula is C10H4BrFN2O. The largest absolute Gasteiger partial charge is 0.354 e. The Kier molecular flexibility index (Phi) is 2.52. The summed E-state index contributed by atoms with van der Waals surface area (Å²) in [6, 6.07) is 7.62. The predicted molar refractivity (Wildman–Crippen MR) is 54.3 cm³/mol. The van der Waals surface area contributed by atoms with Gasteiger partial charge in [-0.15, -0.1) is 0 Å². The summed E-state index contributed by atoms with van der Waals surface area (Å²) >= 11 is 3.19. The van der Waals surface area contributed by atoms with Crippen LogP contribution in [-0.4, -0.2) is 5.16 Å². The van der Waals surface area contributed by atoms with E-state index >= 15 is 0 Å². The van der Waals surface area contributed by atoms with E-state index in [1.807, 2.05) is 6.07 Å². The summed E-state index contributed by atoms with van der Waals surface area (Å²) in [5.41, 5.74) is 0.839. The van der Waals surface area contributed by atoms with Crippen molar-refractivity contribution in [1.29, 1.82) is 5.26 Å². The number of aromatic nitrogens is 1. The van der Waals surface area contributed by atoms with Crippen LogP contribution in [0.2, 0.25) is 0 Å². The van der Waals surface area contributed by atoms with Crippen molar-refractivity contribution in [1.82, 2.24) is 5.16 Å². The van der Waals surface area contributed by atoms with Gasteiger partial charge in [-0.25, -0.2) is 4.39 Å². The zero-order valence-electron chi connectivity index (χ0n) is 7.37. The maximum absolute atomic E-state index is 12.7. The summed E-state index contributed by atoms with van der Waals surface area (Å²) in [5, 5.41) is 12.2. The minimum atomic E-state index is -0.324. The Bertz CT molecular complexity index is 527. The molecule has 0 unspecified atom stereocenters. The summed E-state index contributed by atoms with van der Waals surface area (Å²) in [6.07, 6.45) is 0. The van der Waals surface area contributed by atoms with Crippen molar-refractivity contribution < 1.29 is 8.91 Å². The first-order valence-corrected chi connectivity index (χ1v) is 4.83. The van der Waals surface area contributed by atoms with Gasteiger partial charge in [0, 0.05) is 5.56 Å². The van der Waals surface area contributed by atoms with Crippen LogP contribution in [0, 0.1) is 17.1 Å². The van der Waals surface area contributed by atoms with Crippen LogP contribution in [-0.2, 0) is 0 Å². The molecular weight excluding hydrogens is 263 g/mol. The van der Waals surface area contributed by atoms with E-state index in [1.54, 1.807) is 12.1 Å². The van der Waals surface area contributed by atoms with Gasteiger partial charge >= 0.3 is 0 Å². The Morgan fingerprint density at radius 1 is 1.33 bits per heavy atom. The average molecular weight is 267 g/mol. The second-order valence-corrected chi connectivity index (χ2v) is 3.59. The van der Waals surface area contributed by atoms with Crippen molar-refractivity contribution in [2.24, 2.45) is 0 Å². The highest BCUT2D eigenvalue weighted by Crippen LogP contribution is 2.30. The molecule has 0 aliphatic rings. The van der Waals surface area contributed by atoms with Crippen LogP contribution in [0.3, 0.4) is 0 Å². The van der Waals surface area contributed by atoms with Crippen LogP contribution in [0.4, 0.5) is 4.39 Å². The van der Waals surface area contributed by atoms with E-state index in [4.69, 9.17) is 9.78 Å². The van der Waals surface area contributed by atoms with Crippen LogP contribution in [0.25, 0.3) is 11.3 Å². The Hall–Kier alpha value is -1.67. The molecule has 15 heavy (non-hydrogen) atoms. The molecule has 0 bridgehead atoms. The maximum Gasteiger partial charge on any atom is 0.198 e. The summed E-state index contributed by atoms with van der Waals surface area (Å²) in [6.45, 7) is 0. The minimum Gasteiger partial charge on any atom is -0.354 e. The molecule has 0 atom stereocenters. The number of halogens is 2. The molecule has 0 spiro atoms. The number of hydrogen-bond acceptors (Lipinski definition) is 3. The Morgan fingerprint density at radius 2 is 2.00 bits per heavy atom. The molecule has 3 nitrogen and oxygen atoms in total. The van der Waals surface area contributed by atoms with Crippen molar-refractivity contribution >= 4 is 15.9 Å². The summed E-state index contributed by atoms with van der Waals surface area (Å²) < 4.78 is 18.1. The second kappa shape index (κ2) is 3.83. The quantitative estimate of drug-likeness (QED) is 0.797. The SMILES string of the molecule is N#Cc1noc(-c2ccc(F)cc2)c1Br. The molecule has 74 valence electrons.